The molecule has 0 saturated carbocycles. The van der Waals surface area contributed by atoms with Crippen LogP contribution in [0.25, 0.3) is 6.08 Å². The Morgan fingerprint density at radius 1 is 1.54 bits per heavy atom. The van der Waals surface area contributed by atoms with E-state index in [1.54, 1.807) is 6.08 Å². The van der Waals surface area contributed by atoms with Crippen molar-refractivity contribution in [1.29, 1.82) is 0 Å². The lowest BCUT2D eigenvalue weighted by molar-refractivity contribution is 0.428. The van der Waals surface area contributed by atoms with Gasteiger partial charge in [-0.3, -0.25) is 0 Å². The standard InChI is InChI=1S/C11H11BrO/c1-4-9-5-6-11(10(12)7-9)13-8(2)3/h4-7H,1-2H2,3H3. The zero-order valence-electron chi connectivity index (χ0n) is 7.51. The maximum absolute atomic E-state index is 5.37. The highest BCUT2D eigenvalue weighted by atomic mass is 79.9. The molecule has 1 aromatic rings. The molecule has 0 aliphatic carbocycles. The molecule has 0 radical (unpaired) electrons. The Labute approximate surface area is 86.9 Å². The van der Waals surface area contributed by atoms with Crippen molar-refractivity contribution in [3.63, 3.8) is 0 Å². The van der Waals surface area contributed by atoms with Gasteiger partial charge in [-0.05, 0) is 40.5 Å². The first-order valence-corrected chi connectivity index (χ1v) is 4.68. The minimum absolute atomic E-state index is 0.673. The summed E-state index contributed by atoms with van der Waals surface area (Å²) in [7, 11) is 0. The molecule has 0 aromatic heterocycles. The molecule has 0 N–H and O–H groups in total. The third kappa shape index (κ3) is 2.74. The Morgan fingerprint density at radius 3 is 2.69 bits per heavy atom. The molecule has 13 heavy (non-hydrogen) atoms. The van der Waals surface area contributed by atoms with Gasteiger partial charge in [0.2, 0.25) is 0 Å². The van der Waals surface area contributed by atoms with Crippen molar-refractivity contribution in [3.8, 4) is 5.75 Å². The Kier molecular flexibility index (Phi) is 3.32. The second-order valence-electron chi connectivity index (χ2n) is 2.70. The monoisotopic (exact) mass is 238 g/mol. The highest BCUT2D eigenvalue weighted by Gasteiger charge is 2.00. The Morgan fingerprint density at radius 2 is 2.23 bits per heavy atom. The van der Waals surface area contributed by atoms with Crippen LogP contribution in [0.15, 0.2) is 41.6 Å². The Hall–Kier alpha value is -1.02. The molecular weight excluding hydrogens is 228 g/mol. The van der Waals surface area contributed by atoms with Gasteiger partial charge in [-0.25, -0.2) is 0 Å². The first-order valence-electron chi connectivity index (χ1n) is 3.89. The molecule has 2 heteroatoms. The third-order valence-corrected chi connectivity index (χ3v) is 2.10. The van der Waals surface area contributed by atoms with Gasteiger partial charge in [0.1, 0.15) is 5.75 Å². The van der Waals surface area contributed by atoms with E-state index >= 15 is 0 Å². The van der Waals surface area contributed by atoms with Gasteiger partial charge in [0.05, 0.1) is 10.2 Å². The molecule has 0 atom stereocenters. The fourth-order valence-electron chi connectivity index (χ4n) is 0.915. The Bertz CT molecular complexity index is 342. The van der Waals surface area contributed by atoms with Crippen molar-refractivity contribution in [2.75, 3.05) is 0 Å². The molecule has 0 aliphatic heterocycles. The van der Waals surface area contributed by atoms with Gasteiger partial charge in [-0.15, -0.1) is 0 Å². The van der Waals surface area contributed by atoms with Crippen LogP contribution in [0.1, 0.15) is 12.5 Å². The summed E-state index contributed by atoms with van der Waals surface area (Å²) >= 11 is 3.40. The molecule has 0 unspecified atom stereocenters. The SMILES string of the molecule is C=Cc1ccc(OC(=C)C)c(Br)c1. The summed E-state index contributed by atoms with van der Waals surface area (Å²) in [5.41, 5.74) is 1.06. The van der Waals surface area contributed by atoms with Gasteiger partial charge >= 0.3 is 0 Å². The minimum Gasteiger partial charge on any atom is -0.461 e. The van der Waals surface area contributed by atoms with E-state index < -0.39 is 0 Å². The van der Waals surface area contributed by atoms with Crippen LogP contribution in [0.3, 0.4) is 0 Å². The average Bonchev–Trinajstić information content (AvgIpc) is 2.08. The van der Waals surface area contributed by atoms with Gasteiger partial charge in [0.15, 0.2) is 0 Å². The summed E-state index contributed by atoms with van der Waals surface area (Å²) in [6.45, 7) is 9.17. The highest BCUT2D eigenvalue weighted by Crippen LogP contribution is 2.27. The van der Waals surface area contributed by atoms with Crippen molar-refractivity contribution in [2.45, 2.75) is 6.92 Å². The molecule has 0 bridgehead atoms. The number of hydrogen-bond donors (Lipinski definition) is 0. The topological polar surface area (TPSA) is 9.23 Å². The summed E-state index contributed by atoms with van der Waals surface area (Å²) in [5.74, 6) is 1.45. The zero-order chi connectivity index (χ0) is 9.84. The van der Waals surface area contributed by atoms with Crippen molar-refractivity contribution in [1.82, 2.24) is 0 Å². The van der Waals surface area contributed by atoms with E-state index in [2.05, 4.69) is 29.1 Å². The Balaban J connectivity index is 2.98. The highest BCUT2D eigenvalue weighted by molar-refractivity contribution is 9.10. The summed E-state index contributed by atoms with van der Waals surface area (Å²) in [4.78, 5) is 0. The summed E-state index contributed by atoms with van der Waals surface area (Å²) in [6, 6.07) is 5.77. The lowest BCUT2D eigenvalue weighted by atomic mass is 10.2. The summed E-state index contributed by atoms with van der Waals surface area (Å²) in [5, 5.41) is 0. The second-order valence-corrected chi connectivity index (χ2v) is 3.55. The molecule has 0 fully saturated rings. The summed E-state index contributed by atoms with van der Waals surface area (Å²) < 4.78 is 6.28. The van der Waals surface area contributed by atoms with Crippen molar-refractivity contribution in [2.24, 2.45) is 0 Å². The van der Waals surface area contributed by atoms with Crippen LogP contribution in [0.4, 0.5) is 0 Å². The van der Waals surface area contributed by atoms with Crippen LogP contribution < -0.4 is 4.74 Å². The van der Waals surface area contributed by atoms with Gasteiger partial charge in [-0.2, -0.15) is 0 Å². The minimum atomic E-state index is 0.673. The number of benzene rings is 1. The molecule has 0 amide bonds. The molecule has 1 rings (SSSR count). The lowest BCUT2D eigenvalue weighted by Crippen LogP contribution is -1.89. The van der Waals surface area contributed by atoms with Gasteiger partial charge in [0, 0.05) is 0 Å². The predicted octanol–water partition coefficient (Wildman–Crippen LogP) is 4.00. The molecule has 0 aliphatic rings. The van der Waals surface area contributed by atoms with Crippen LogP contribution in [-0.2, 0) is 0 Å². The van der Waals surface area contributed by atoms with E-state index in [0.29, 0.717) is 5.76 Å². The first kappa shape index (κ1) is 10.1. The third-order valence-electron chi connectivity index (χ3n) is 1.48. The number of allylic oxidation sites excluding steroid dienone is 1. The van der Waals surface area contributed by atoms with Crippen molar-refractivity contribution >= 4 is 22.0 Å². The molecule has 1 nitrogen and oxygen atoms in total. The first-order chi connectivity index (χ1) is 6.13. The fraction of sp³-hybridized carbons (Fsp3) is 0.0909. The van der Waals surface area contributed by atoms with Gasteiger partial charge in [-0.1, -0.05) is 25.3 Å². The lowest BCUT2D eigenvalue weighted by Gasteiger charge is -2.06. The molecular formula is C11H11BrO. The zero-order valence-corrected chi connectivity index (χ0v) is 9.10. The van der Waals surface area contributed by atoms with Crippen LogP contribution in [0, 0.1) is 0 Å². The average molecular weight is 239 g/mol. The molecule has 1 aromatic carbocycles. The largest absolute Gasteiger partial charge is 0.461 e. The van der Waals surface area contributed by atoms with E-state index in [1.165, 1.54) is 0 Å². The van der Waals surface area contributed by atoms with E-state index in [9.17, 15) is 0 Å². The van der Waals surface area contributed by atoms with E-state index in [1.807, 2.05) is 25.1 Å². The molecule has 0 saturated heterocycles. The second kappa shape index (κ2) is 4.28. The molecule has 0 spiro atoms. The predicted molar refractivity (Wildman–Crippen MR) is 59.7 cm³/mol. The molecule has 0 heterocycles. The smallest absolute Gasteiger partial charge is 0.141 e. The van der Waals surface area contributed by atoms with E-state index in [4.69, 9.17) is 4.74 Å². The number of ether oxygens (including phenoxy) is 1. The normalized spacial score (nSPS) is 9.38. The quantitative estimate of drug-likeness (QED) is 0.724. The van der Waals surface area contributed by atoms with Gasteiger partial charge in [0.25, 0.3) is 0 Å². The van der Waals surface area contributed by atoms with Gasteiger partial charge < -0.3 is 4.74 Å². The summed E-state index contributed by atoms with van der Waals surface area (Å²) in [6.07, 6.45) is 1.79. The van der Waals surface area contributed by atoms with E-state index in [-0.39, 0.29) is 0 Å². The number of rotatable bonds is 3. The number of hydrogen-bond acceptors (Lipinski definition) is 1. The van der Waals surface area contributed by atoms with E-state index in [0.717, 1.165) is 15.8 Å². The number of halogens is 1. The van der Waals surface area contributed by atoms with Crippen LogP contribution in [-0.4, -0.2) is 0 Å². The fourth-order valence-corrected chi connectivity index (χ4v) is 1.39. The van der Waals surface area contributed by atoms with Crippen LogP contribution in [0.2, 0.25) is 0 Å². The van der Waals surface area contributed by atoms with Crippen LogP contribution in [0.5, 0.6) is 5.75 Å². The maximum Gasteiger partial charge on any atom is 0.141 e. The van der Waals surface area contributed by atoms with Crippen LogP contribution >= 0.6 is 15.9 Å². The maximum atomic E-state index is 5.37. The molecule has 68 valence electrons. The van der Waals surface area contributed by atoms with Crippen molar-refractivity contribution < 1.29 is 4.74 Å². The van der Waals surface area contributed by atoms with Crippen molar-refractivity contribution in [3.05, 3.63) is 47.2 Å².